The Labute approximate surface area is 119 Å². The zero-order valence-electron chi connectivity index (χ0n) is 11.3. The van der Waals surface area contributed by atoms with Crippen LogP contribution >= 0.6 is 15.9 Å². The summed E-state index contributed by atoms with van der Waals surface area (Å²) in [7, 11) is 4.32. The van der Waals surface area contributed by atoms with Crippen LogP contribution in [0.1, 0.15) is 24.8 Å². The average Bonchev–Trinajstić information content (AvgIpc) is 2.79. The number of nitrogens with one attached hydrogen (secondary N) is 1. The van der Waals surface area contributed by atoms with Gasteiger partial charge in [0.05, 0.1) is 0 Å². The van der Waals surface area contributed by atoms with E-state index in [2.05, 4.69) is 64.5 Å². The van der Waals surface area contributed by atoms with Gasteiger partial charge in [0.15, 0.2) is 0 Å². The summed E-state index contributed by atoms with van der Waals surface area (Å²) in [6.45, 7) is 2.21. The van der Waals surface area contributed by atoms with Crippen LogP contribution in [0.2, 0.25) is 0 Å². The Hall–Kier alpha value is -0.380. The molecule has 1 aromatic carbocycles. The van der Waals surface area contributed by atoms with Crippen molar-refractivity contribution in [1.29, 1.82) is 0 Å². The first-order chi connectivity index (χ1) is 8.70. The Morgan fingerprint density at radius 1 is 1.33 bits per heavy atom. The first kappa shape index (κ1) is 14.0. The Kier molecular flexibility index (Phi) is 5.22. The summed E-state index contributed by atoms with van der Waals surface area (Å²) in [5.41, 5.74) is 1.37. The van der Waals surface area contributed by atoms with Gasteiger partial charge in [-0.1, -0.05) is 40.5 Å². The number of rotatable bonds is 5. The van der Waals surface area contributed by atoms with Crippen molar-refractivity contribution >= 4 is 15.9 Å². The van der Waals surface area contributed by atoms with E-state index >= 15 is 0 Å². The Morgan fingerprint density at radius 3 is 2.83 bits per heavy atom. The molecule has 2 rings (SSSR count). The monoisotopic (exact) mass is 310 g/mol. The molecule has 1 fully saturated rings. The van der Waals surface area contributed by atoms with Gasteiger partial charge in [-0.3, -0.25) is 0 Å². The molecular weight excluding hydrogens is 288 g/mol. The van der Waals surface area contributed by atoms with Gasteiger partial charge in [0.1, 0.15) is 0 Å². The van der Waals surface area contributed by atoms with E-state index in [1.54, 1.807) is 0 Å². The first-order valence-corrected chi connectivity index (χ1v) is 7.59. The molecule has 0 aliphatic heterocycles. The minimum atomic E-state index is 0.715. The number of hydrogen-bond donors (Lipinski definition) is 1. The lowest BCUT2D eigenvalue weighted by Gasteiger charge is -2.25. The highest BCUT2D eigenvalue weighted by molar-refractivity contribution is 9.10. The van der Waals surface area contributed by atoms with Gasteiger partial charge in [-0.2, -0.15) is 0 Å². The third kappa shape index (κ3) is 3.56. The normalized spacial score (nSPS) is 23.8. The fourth-order valence-corrected chi connectivity index (χ4v) is 3.43. The van der Waals surface area contributed by atoms with E-state index in [0.29, 0.717) is 6.04 Å². The van der Waals surface area contributed by atoms with Gasteiger partial charge < -0.3 is 10.2 Å². The lowest BCUT2D eigenvalue weighted by molar-refractivity contribution is 0.248. The summed E-state index contributed by atoms with van der Waals surface area (Å²) in [5.74, 6) is 0.808. The molecule has 100 valence electrons. The van der Waals surface area contributed by atoms with Crippen LogP contribution in [0.5, 0.6) is 0 Å². The second-order valence-electron chi connectivity index (χ2n) is 5.37. The molecular formula is C15H23BrN2. The lowest BCUT2D eigenvalue weighted by atomic mass is 10.0. The molecule has 0 spiro atoms. The van der Waals surface area contributed by atoms with Crippen molar-refractivity contribution in [2.24, 2.45) is 5.92 Å². The maximum atomic E-state index is 3.62. The fraction of sp³-hybridized carbons (Fsp3) is 0.600. The predicted octanol–water partition coefficient (Wildman–Crippen LogP) is 3.27. The minimum absolute atomic E-state index is 0.715. The summed E-state index contributed by atoms with van der Waals surface area (Å²) in [6, 6.07) is 9.22. The van der Waals surface area contributed by atoms with Crippen molar-refractivity contribution in [3.63, 3.8) is 0 Å². The molecule has 1 saturated carbocycles. The van der Waals surface area contributed by atoms with Gasteiger partial charge in [-0.05, 0) is 44.5 Å². The van der Waals surface area contributed by atoms with Crippen LogP contribution in [0.4, 0.5) is 0 Å². The highest BCUT2D eigenvalue weighted by Gasteiger charge is 2.26. The van der Waals surface area contributed by atoms with Gasteiger partial charge in [-0.25, -0.2) is 0 Å². The standard InChI is InChI=1S/C15H23BrN2/c1-17-15-9-5-7-13(15)11-18(2)10-12-6-3-4-8-14(12)16/h3-4,6,8,13,15,17H,5,7,9-11H2,1-2H3. The number of hydrogen-bond acceptors (Lipinski definition) is 2. The van der Waals surface area contributed by atoms with Crippen LogP contribution in [0.3, 0.4) is 0 Å². The van der Waals surface area contributed by atoms with E-state index in [1.807, 2.05) is 0 Å². The van der Waals surface area contributed by atoms with E-state index in [9.17, 15) is 0 Å². The van der Waals surface area contributed by atoms with Gasteiger partial charge in [0.2, 0.25) is 0 Å². The van der Waals surface area contributed by atoms with E-state index in [-0.39, 0.29) is 0 Å². The minimum Gasteiger partial charge on any atom is -0.317 e. The quantitative estimate of drug-likeness (QED) is 0.898. The maximum absolute atomic E-state index is 3.62. The third-order valence-electron chi connectivity index (χ3n) is 3.97. The van der Waals surface area contributed by atoms with Crippen molar-refractivity contribution in [2.75, 3.05) is 20.6 Å². The SMILES string of the molecule is CNC1CCCC1CN(C)Cc1ccccc1Br. The van der Waals surface area contributed by atoms with Gasteiger partial charge in [0, 0.05) is 23.6 Å². The largest absolute Gasteiger partial charge is 0.317 e. The van der Waals surface area contributed by atoms with E-state index in [4.69, 9.17) is 0 Å². The van der Waals surface area contributed by atoms with Crippen LogP contribution in [0, 0.1) is 5.92 Å². The lowest BCUT2D eigenvalue weighted by Crippen LogP contribution is -2.36. The molecule has 1 aliphatic carbocycles. The van der Waals surface area contributed by atoms with E-state index < -0.39 is 0 Å². The van der Waals surface area contributed by atoms with Crippen molar-refractivity contribution in [3.05, 3.63) is 34.3 Å². The molecule has 3 heteroatoms. The summed E-state index contributed by atoms with van der Waals surface area (Å²) in [4.78, 5) is 2.44. The second-order valence-corrected chi connectivity index (χ2v) is 6.23. The molecule has 0 saturated heterocycles. The molecule has 1 N–H and O–H groups in total. The Morgan fingerprint density at radius 2 is 2.11 bits per heavy atom. The van der Waals surface area contributed by atoms with Gasteiger partial charge >= 0.3 is 0 Å². The second kappa shape index (κ2) is 6.69. The van der Waals surface area contributed by atoms with Crippen LogP contribution in [-0.4, -0.2) is 31.6 Å². The fourth-order valence-electron chi connectivity index (χ4n) is 3.02. The number of benzene rings is 1. The smallest absolute Gasteiger partial charge is 0.0242 e. The number of halogens is 1. The molecule has 1 aliphatic rings. The topological polar surface area (TPSA) is 15.3 Å². The molecule has 0 amide bonds. The summed E-state index contributed by atoms with van der Waals surface area (Å²) >= 11 is 3.62. The molecule has 1 aromatic rings. The Balaban J connectivity index is 1.89. The van der Waals surface area contributed by atoms with Crippen LogP contribution in [-0.2, 0) is 6.54 Å². The maximum Gasteiger partial charge on any atom is 0.0242 e. The zero-order chi connectivity index (χ0) is 13.0. The highest BCUT2D eigenvalue weighted by atomic mass is 79.9. The molecule has 2 nitrogen and oxygen atoms in total. The van der Waals surface area contributed by atoms with Gasteiger partial charge in [0.25, 0.3) is 0 Å². The molecule has 18 heavy (non-hydrogen) atoms. The summed E-state index contributed by atoms with van der Waals surface area (Å²) in [6.07, 6.45) is 4.08. The first-order valence-electron chi connectivity index (χ1n) is 6.80. The molecule has 0 heterocycles. The molecule has 2 unspecified atom stereocenters. The third-order valence-corrected chi connectivity index (χ3v) is 4.75. The predicted molar refractivity (Wildman–Crippen MR) is 80.7 cm³/mol. The van der Waals surface area contributed by atoms with Crippen LogP contribution < -0.4 is 5.32 Å². The number of nitrogens with zero attached hydrogens (tertiary/aromatic N) is 1. The van der Waals surface area contributed by atoms with Crippen LogP contribution in [0.25, 0.3) is 0 Å². The van der Waals surface area contributed by atoms with Crippen molar-refractivity contribution < 1.29 is 0 Å². The molecule has 2 atom stereocenters. The van der Waals surface area contributed by atoms with E-state index in [1.165, 1.54) is 35.8 Å². The average molecular weight is 311 g/mol. The van der Waals surface area contributed by atoms with Crippen molar-refractivity contribution in [1.82, 2.24) is 10.2 Å². The van der Waals surface area contributed by atoms with E-state index in [0.717, 1.165) is 12.5 Å². The van der Waals surface area contributed by atoms with Crippen molar-refractivity contribution in [2.45, 2.75) is 31.8 Å². The van der Waals surface area contributed by atoms with Gasteiger partial charge in [-0.15, -0.1) is 0 Å². The van der Waals surface area contributed by atoms with Crippen LogP contribution in [0.15, 0.2) is 28.7 Å². The Bertz CT molecular complexity index is 381. The molecule has 0 bridgehead atoms. The molecule has 0 radical (unpaired) electrons. The summed E-state index contributed by atoms with van der Waals surface area (Å²) in [5, 5.41) is 3.46. The molecule has 0 aromatic heterocycles. The highest BCUT2D eigenvalue weighted by Crippen LogP contribution is 2.26. The van der Waals surface area contributed by atoms with Crippen molar-refractivity contribution in [3.8, 4) is 0 Å². The summed E-state index contributed by atoms with van der Waals surface area (Å²) < 4.78 is 1.22. The zero-order valence-corrected chi connectivity index (χ0v) is 12.9.